The lowest BCUT2D eigenvalue weighted by atomic mass is 10.2. The molecule has 5 heteroatoms. The highest BCUT2D eigenvalue weighted by atomic mass is 16.5. The van der Waals surface area contributed by atoms with Gasteiger partial charge in [0.15, 0.2) is 0 Å². The molecule has 1 aliphatic rings. The number of hydrogen-bond acceptors (Lipinski definition) is 3. The Bertz CT molecular complexity index is 615. The second kappa shape index (κ2) is 5.63. The molecule has 106 valence electrons. The Morgan fingerprint density at radius 1 is 1.35 bits per heavy atom. The number of ether oxygens (including phenoxy) is 1. The highest BCUT2D eigenvalue weighted by molar-refractivity contribution is 5.80. The third kappa shape index (κ3) is 2.67. The summed E-state index contributed by atoms with van der Waals surface area (Å²) in [7, 11) is 0. The molecule has 1 aliphatic heterocycles. The minimum Gasteiger partial charge on any atom is -0.378 e. The van der Waals surface area contributed by atoms with Gasteiger partial charge in [0.25, 0.3) is 0 Å². The van der Waals surface area contributed by atoms with Gasteiger partial charge in [-0.1, -0.05) is 12.1 Å². The molecule has 2 aromatic rings. The van der Waals surface area contributed by atoms with Crippen molar-refractivity contribution in [3.63, 3.8) is 0 Å². The monoisotopic (exact) mass is 273 g/mol. The summed E-state index contributed by atoms with van der Waals surface area (Å²) in [5, 5.41) is 5.49. The Balaban J connectivity index is 1.67. The molecule has 0 radical (unpaired) electrons. The van der Waals surface area contributed by atoms with Crippen LogP contribution in [0.1, 0.15) is 12.0 Å². The Kier molecular flexibility index (Phi) is 3.69. The zero-order valence-electron chi connectivity index (χ0n) is 11.7. The van der Waals surface area contributed by atoms with E-state index in [1.807, 2.05) is 15.8 Å². The maximum absolute atomic E-state index is 12.1. The third-order valence-corrected chi connectivity index (χ3v) is 3.70. The first-order valence-electron chi connectivity index (χ1n) is 7.02. The molecule has 1 saturated heterocycles. The molecule has 1 aromatic heterocycles. The van der Waals surface area contributed by atoms with E-state index < -0.39 is 0 Å². The van der Waals surface area contributed by atoms with Crippen molar-refractivity contribution in [2.24, 2.45) is 0 Å². The SMILES string of the molecule is Cc1ccc2cnn(CCC(=O)N3CCOCC3)c2c1. The Labute approximate surface area is 118 Å². The molecule has 0 atom stereocenters. The van der Waals surface area contributed by atoms with Crippen LogP contribution in [0, 0.1) is 6.92 Å². The van der Waals surface area contributed by atoms with Crippen LogP contribution in [0.15, 0.2) is 24.4 Å². The van der Waals surface area contributed by atoms with Gasteiger partial charge in [0.1, 0.15) is 0 Å². The molecule has 20 heavy (non-hydrogen) atoms. The summed E-state index contributed by atoms with van der Waals surface area (Å²) in [6.45, 7) is 5.40. The average molecular weight is 273 g/mol. The number of amides is 1. The molecule has 0 N–H and O–H groups in total. The summed E-state index contributed by atoms with van der Waals surface area (Å²) in [6, 6.07) is 6.26. The van der Waals surface area contributed by atoms with Gasteiger partial charge in [-0.2, -0.15) is 5.10 Å². The molecule has 0 unspecified atom stereocenters. The van der Waals surface area contributed by atoms with Crippen LogP contribution in [0.25, 0.3) is 10.9 Å². The Hall–Kier alpha value is -1.88. The van der Waals surface area contributed by atoms with Gasteiger partial charge in [0.2, 0.25) is 5.91 Å². The third-order valence-electron chi connectivity index (χ3n) is 3.70. The maximum atomic E-state index is 12.1. The van der Waals surface area contributed by atoms with E-state index in [4.69, 9.17) is 4.74 Å². The minimum atomic E-state index is 0.185. The highest BCUT2D eigenvalue weighted by Crippen LogP contribution is 2.16. The maximum Gasteiger partial charge on any atom is 0.224 e. The molecule has 1 amide bonds. The molecular weight excluding hydrogens is 254 g/mol. The number of rotatable bonds is 3. The van der Waals surface area contributed by atoms with E-state index in [0.717, 1.165) is 10.9 Å². The fraction of sp³-hybridized carbons (Fsp3) is 0.467. The standard InChI is InChI=1S/C15H19N3O2/c1-12-2-3-13-11-16-18(14(13)10-12)5-4-15(19)17-6-8-20-9-7-17/h2-3,10-11H,4-9H2,1H3. The molecule has 2 heterocycles. The van der Waals surface area contributed by atoms with Crippen molar-refractivity contribution in [2.75, 3.05) is 26.3 Å². The van der Waals surface area contributed by atoms with Crippen LogP contribution >= 0.6 is 0 Å². The lowest BCUT2D eigenvalue weighted by molar-refractivity contribution is -0.135. The van der Waals surface area contributed by atoms with Crippen molar-refractivity contribution >= 4 is 16.8 Å². The molecule has 1 fully saturated rings. The largest absolute Gasteiger partial charge is 0.378 e. The van der Waals surface area contributed by atoms with Crippen LogP contribution in [-0.4, -0.2) is 46.9 Å². The van der Waals surface area contributed by atoms with E-state index >= 15 is 0 Å². The Morgan fingerprint density at radius 3 is 2.95 bits per heavy atom. The van der Waals surface area contributed by atoms with Crippen molar-refractivity contribution in [1.82, 2.24) is 14.7 Å². The highest BCUT2D eigenvalue weighted by Gasteiger charge is 2.16. The smallest absolute Gasteiger partial charge is 0.224 e. The summed E-state index contributed by atoms with van der Waals surface area (Å²) >= 11 is 0. The lowest BCUT2D eigenvalue weighted by Crippen LogP contribution is -2.41. The van der Waals surface area contributed by atoms with Gasteiger partial charge in [-0.15, -0.1) is 0 Å². The number of carbonyl (C=O) groups is 1. The zero-order valence-corrected chi connectivity index (χ0v) is 11.7. The second-order valence-electron chi connectivity index (χ2n) is 5.17. The zero-order chi connectivity index (χ0) is 13.9. The van der Waals surface area contributed by atoms with Gasteiger partial charge in [-0.05, 0) is 18.6 Å². The van der Waals surface area contributed by atoms with E-state index in [1.165, 1.54) is 5.56 Å². The first-order chi connectivity index (χ1) is 9.74. The fourth-order valence-corrected chi connectivity index (χ4v) is 2.53. The van der Waals surface area contributed by atoms with Gasteiger partial charge in [0.05, 0.1) is 31.5 Å². The predicted octanol–water partition coefficient (Wildman–Crippen LogP) is 1.59. The average Bonchev–Trinajstić information content (AvgIpc) is 2.88. The minimum absolute atomic E-state index is 0.185. The molecule has 1 aromatic carbocycles. The van der Waals surface area contributed by atoms with Gasteiger partial charge >= 0.3 is 0 Å². The number of hydrogen-bond donors (Lipinski definition) is 0. The summed E-state index contributed by atoms with van der Waals surface area (Å²) in [6.07, 6.45) is 2.35. The van der Waals surface area contributed by atoms with E-state index in [2.05, 4.69) is 30.2 Å². The van der Waals surface area contributed by atoms with Crippen LogP contribution in [0.3, 0.4) is 0 Å². The summed E-state index contributed by atoms with van der Waals surface area (Å²) < 4.78 is 7.18. The number of aryl methyl sites for hydroxylation is 2. The van der Waals surface area contributed by atoms with Crippen LogP contribution in [0.5, 0.6) is 0 Å². The molecule has 0 aliphatic carbocycles. The number of nitrogens with zero attached hydrogens (tertiary/aromatic N) is 3. The first kappa shape index (κ1) is 13.1. The van der Waals surface area contributed by atoms with Crippen LogP contribution in [-0.2, 0) is 16.1 Å². The number of aromatic nitrogens is 2. The lowest BCUT2D eigenvalue weighted by Gasteiger charge is -2.26. The fourth-order valence-electron chi connectivity index (χ4n) is 2.53. The molecule has 3 rings (SSSR count). The quantitative estimate of drug-likeness (QED) is 0.853. The molecule has 0 bridgehead atoms. The van der Waals surface area contributed by atoms with Crippen LogP contribution < -0.4 is 0 Å². The van der Waals surface area contributed by atoms with Gasteiger partial charge in [-0.3, -0.25) is 9.48 Å². The number of morpholine rings is 1. The van der Waals surface area contributed by atoms with E-state index in [9.17, 15) is 4.79 Å². The van der Waals surface area contributed by atoms with E-state index in [1.54, 1.807) is 0 Å². The summed E-state index contributed by atoms with van der Waals surface area (Å²) in [5.74, 6) is 0.185. The second-order valence-corrected chi connectivity index (χ2v) is 5.17. The van der Waals surface area contributed by atoms with Gasteiger partial charge in [0, 0.05) is 24.9 Å². The van der Waals surface area contributed by atoms with Crippen molar-refractivity contribution in [3.05, 3.63) is 30.0 Å². The van der Waals surface area contributed by atoms with Crippen LogP contribution in [0.4, 0.5) is 0 Å². The predicted molar refractivity (Wildman–Crippen MR) is 76.5 cm³/mol. The normalized spacial score (nSPS) is 15.8. The number of benzene rings is 1. The summed E-state index contributed by atoms with van der Waals surface area (Å²) in [5.41, 5.74) is 2.30. The topological polar surface area (TPSA) is 47.4 Å². The van der Waals surface area contributed by atoms with Gasteiger partial charge < -0.3 is 9.64 Å². The molecular formula is C15H19N3O2. The van der Waals surface area contributed by atoms with Crippen LogP contribution in [0.2, 0.25) is 0 Å². The van der Waals surface area contributed by atoms with Crippen molar-refractivity contribution in [2.45, 2.75) is 19.9 Å². The van der Waals surface area contributed by atoms with Crippen molar-refractivity contribution < 1.29 is 9.53 Å². The molecule has 0 spiro atoms. The summed E-state index contributed by atoms with van der Waals surface area (Å²) in [4.78, 5) is 14.0. The van der Waals surface area contributed by atoms with E-state index in [-0.39, 0.29) is 5.91 Å². The molecule has 5 nitrogen and oxygen atoms in total. The number of carbonyl (C=O) groups excluding carboxylic acids is 1. The molecule has 0 saturated carbocycles. The Morgan fingerprint density at radius 2 is 2.15 bits per heavy atom. The van der Waals surface area contributed by atoms with Crippen molar-refractivity contribution in [3.8, 4) is 0 Å². The number of fused-ring (bicyclic) bond motifs is 1. The van der Waals surface area contributed by atoms with E-state index in [0.29, 0.717) is 39.3 Å². The van der Waals surface area contributed by atoms with Crippen molar-refractivity contribution in [1.29, 1.82) is 0 Å². The van der Waals surface area contributed by atoms with Gasteiger partial charge in [-0.25, -0.2) is 0 Å². The first-order valence-corrected chi connectivity index (χ1v) is 7.02.